The van der Waals surface area contributed by atoms with Gasteiger partial charge in [0.2, 0.25) is 0 Å². The summed E-state index contributed by atoms with van der Waals surface area (Å²) in [6.45, 7) is 17.5. The third kappa shape index (κ3) is 24.8. The monoisotopic (exact) mass is 2100 g/mol. The molecule has 10 rings (SSSR count). The van der Waals surface area contributed by atoms with Crippen LogP contribution in [0.15, 0.2) is 162 Å². The van der Waals surface area contributed by atoms with Crippen molar-refractivity contribution in [2.75, 3.05) is 33.8 Å². The second-order valence-electron chi connectivity index (χ2n) is 24.0. The predicted octanol–water partition coefficient (Wildman–Crippen LogP) is 24.8. The van der Waals surface area contributed by atoms with Gasteiger partial charge in [-0.1, -0.05) is 35.9 Å². The first-order chi connectivity index (χ1) is 47.1. The van der Waals surface area contributed by atoms with Crippen molar-refractivity contribution in [3.8, 4) is 23.0 Å². The normalized spacial score (nSPS) is 11.3. The second kappa shape index (κ2) is 46.0. The molecule has 6 aromatic carbocycles. The Morgan fingerprint density at radius 3 is 1.24 bits per heavy atom. The summed E-state index contributed by atoms with van der Waals surface area (Å²) in [5, 5.41) is 4.34. The Balaban J connectivity index is 0.000000273. The van der Waals surface area contributed by atoms with Crippen molar-refractivity contribution in [3.63, 3.8) is 0 Å². The third-order valence-corrected chi connectivity index (χ3v) is 52.3. The van der Waals surface area contributed by atoms with Gasteiger partial charge in [-0.2, -0.15) is 0 Å². The molecule has 12 nitrogen and oxygen atoms in total. The minimum Gasteiger partial charge on any atom is -0.496 e. The molecule has 0 fully saturated rings. The minimum atomic E-state index is -3.71. The molecule has 98 heavy (non-hydrogen) atoms. The van der Waals surface area contributed by atoms with Crippen LogP contribution in [0.3, 0.4) is 0 Å². The van der Waals surface area contributed by atoms with Gasteiger partial charge in [-0.3, -0.25) is 0 Å². The molecule has 4 heterocycles. The second-order valence-corrected chi connectivity index (χ2v) is 60.1. The fraction of sp³-hybridized carbons (Fsp3) is 0.413. The Morgan fingerprint density at radius 1 is 0.449 bits per heavy atom. The number of aromatic amines is 2. The Bertz CT molecular complexity index is 4150. The van der Waals surface area contributed by atoms with Crippen LogP contribution in [0, 0.1) is 21.0 Å². The summed E-state index contributed by atoms with van der Waals surface area (Å²) in [5.41, 5.74) is 5.67. The zero-order chi connectivity index (χ0) is 72.5. The fourth-order valence-corrected chi connectivity index (χ4v) is 46.5. The molecule has 23 heteroatoms. The van der Waals surface area contributed by atoms with Gasteiger partial charge in [0.25, 0.3) is 10.0 Å². The minimum absolute atomic E-state index is 0.194. The van der Waals surface area contributed by atoms with E-state index in [1.165, 1.54) is 120 Å². The third-order valence-electron chi connectivity index (χ3n) is 17.2. The number of aromatic nitrogens is 4. The van der Waals surface area contributed by atoms with E-state index in [0.717, 1.165) is 64.7 Å². The first kappa shape index (κ1) is 88.4. The SMILES string of the molecule is CCC[CH2][Sn]([CH2]CCC)([CH2]CCC)[c]1cn(S(=O)(=O)c2ccc(C)cc2)c2cccc(OC)c12.CCC[CH2][Sn]([Cl])([CH2]CCC)[CH2]CCC.COc1cccc2[nH]cc(I)c12.COc1cccc2[nH]ccc12.COc1cccc2c1c(I)cn2S(=O)(=O)c1ccc(C)cc1.ClCCl.II. The van der Waals surface area contributed by atoms with Crippen LogP contribution in [0.25, 0.3) is 43.6 Å². The van der Waals surface area contributed by atoms with E-state index in [1.54, 1.807) is 87.1 Å². The van der Waals surface area contributed by atoms with Gasteiger partial charge < -0.3 is 24.2 Å². The molecule has 4 aromatic heterocycles. The van der Waals surface area contributed by atoms with Crippen molar-refractivity contribution < 1.29 is 35.8 Å². The quantitative estimate of drug-likeness (QED) is 0.0294. The number of hydrogen-bond donors (Lipinski definition) is 2. The number of alkyl halides is 2. The van der Waals surface area contributed by atoms with E-state index >= 15 is 0 Å². The van der Waals surface area contributed by atoms with Crippen LogP contribution in [0.2, 0.25) is 26.6 Å². The molecule has 0 aliphatic heterocycles. The van der Waals surface area contributed by atoms with Crippen LogP contribution in [0.5, 0.6) is 23.0 Å². The van der Waals surface area contributed by atoms with Gasteiger partial charge >= 0.3 is 310 Å². The number of ether oxygens (including phenoxy) is 4. The molecule has 0 spiro atoms. The maximum absolute atomic E-state index is 13.9. The van der Waals surface area contributed by atoms with Crippen LogP contribution in [-0.4, -0.2) is 104 Å². The number of aryl methyl sites for hydroxylation is 2. The van der Waals surface area contributed by atoms with E-state index < -0.39 is 55.7 Å². The standard InChI is InChI=1S/C16H14INO3S.C16H14NO3S.C9H8INO.C9H9NO.6C4H9.CH2Cl2.ClH.I2.2Sn/c1-11-6-8-12(9-7-11)22(19,20)18-10-13(17)16-14(18)4-3-5-15(16)21-2;1-12-6-8-13(9-7-12)21(18,19)17-11-10-14-15(17)4-3-5-16(14)20-2;1-12-8-4-2-3-7-9(8)6(10)5-11-7;1-11-9-4-2-3-8-7(9)5-6-10-8;6*1-3-4-2;2-1-3;;1-2;;/h3-10H,1-2H3;3-9,11H,1-2H3;2-5,11H,1H3;2-6,10H,1H3;6*1,3-4H2,2H3;1H2;1H;;;/q;;;;;;;;;;;;;;+1/p-1. The van der Waals surface area contributed by atoms with E-state index in [0.29, 0.717) is 16.2 Å². The van der Waals surface area contributed by atoms with E-state index in [9.17, 15) is 16.8 Å². The maximum atomic E-state index is 13.9. The van der Waals surface area contributed by atoms with Crippen LogP contribution in [-0.2, 0) is 20.0 Å². The van der Waals surface area contributed by atoms with Gasteiger partial charge in [0.15, 0.2) is 0 Å². The summed E-state index contributed by atoms with van der Waals surface area (Å²) in [4.78, 5) is 6.90. The van der Waals surface area contributed by atoms with Crippen molar-refractivity contribution in [2.24, 2.45) is 0 Å². The number of rotatable bonds is 27. The first-order valence-corrected chi connectivity index (χ1v) is 63.2. The summed E-state index contributed by atoms with van der Waals surface area (Å²) in [6, 6.07) is 39.2. The van der Waals surface area contributed by atoms with Gasteiger partial charge in [-0.15, -0.1) is 23.2 Å². The summed E-state index contributed by atoms with van der Waals surface area (Å²) in [6.07, 6.45) is 22.8. The van der Waals surface area contributed by atoms with Crippen molar-refractivity contribution >= 4 is 217 Å². The Kier molecular flexibility index (Phi) is 41.5. The number of unbranched alkanes of at least 4 members (excludes halogenated alkanes) is 6. The molecule has 538 valence electrons. The van der Waals surface area contributed by atoms with Crippen molar-refractivity contribution in [1.29, 1.82) is 0 Å². The molecule has 0 saturated carbocycles. The summed E-state index contributed by atoms with van der Waals surface area (Å²) >= 11 is 13.1. The van der Waals surface area contributed by atoms with Gasteiger partial charge in [0.1, 0.15) is 17.2 Å². The van der Waals surface area contributed by atoms with Crippen LogP contribution >= 0.6 is 115 Å². The molecule has 0 radical (unpaired) electrons. The number of fused-ring (bicyclic) bond motifs is 4. The Labute approximate surface area is 658 Å². The number of methoxy groups -OCH3 is 4. The van der Waals surface area contributed by atoms with E-state index in [1.807, 2.05) is 111 Å². The average Bonchev–Trinajstić information content (AvgIpc) is 1.58. The molecule has 2 N–H and O–H groups in total. The Morgan fingerprint density at radius 2 is 0.816 bits per heavy atom. The zero-order valence-corrected chi connectivity index (χ0v) is 77.2. The molecule has 0 aliphatic carbocycles. The van der Waals surface area contributed by atoms with E-state index in [-0.39, 0.29) is 10.2 Å². The zero-order valence-electron chi connectivity index (χ0n) is 59.0. The van der Waals surface area contributed by atoms with E-state index in [4.69, 9.17) is 51.1 Å². The summed E-state index contributed by atoms with van der Waals surface area (Å²) in [5.74, 6) is 3.32. The molecule has 10 aromatic rings. The molecule has 0 amide bonds. The number of H-pyrrole nitrogens is 2. The number of benzene rings is 6. The molecule has 0 atom stereocenters. The van der Waals surface area contributed by atoms with Gasteiger partial charge in [-0.25, -0.2) is 12.4 Å². The van der Waals surface area contributed by atoms with Crippen molar-refractivity contribution in [1.82, 2.24) is 17.9 Å². The van der Waals surface area contributed by atoms with Gasteiger partial charge in [0.05, 0.1) is 53.4 Å². The summed E-state index contributed by atoms with van der Waals surface area (Å²) < 4.78 is 89.5. The van der Waals surface area contributed by atoms with Crippen LogP contribution < -0.4 is 22.5 Å². The number of hydrogen-bond acceptors (Lipinski definition) is 8. The largest absolute Gasteiger partial charge is 0.496 e. The Hall–Kier alpha value is -2.03. The van der Waals surface area contributed by atoms with Gasteiger partial charge in [0, 0.05) is 73.9 Å². The molecule has 0 aliphatic rings. The smallest absolute Gasteiger partial charge is 0.268 e. The van der Waals surface area contributed by atoms with Crippen LogP contribution in [0.1, 0.15) is 130 Å². The van der Waals surface area contributed by atoms with E-state index in [2.05, 4.69) is 134 Å². The van der Waals surface area contributed by atoms with Crippen molar-refractivity contribution in [2.45, 2.75) is 169 Å². The number of nitrogens with one attached hydrogen (secondary N) is 2. The maximum Gasteiger partial charge on any atom is 0.268 e. The molecular formula is C75H101Cl3I4N4O8S2Sn2. The average molecular weight is 2100 g/mol. The molecular weight excluding hydrogens is 2000 g/mol. The number of halogens is 7. The van der Waals surface area contributed by atoms with Crippen LogP contribution in [0.4, 0.5) is 0 Å². The molecule has 0 saturated heterocycles. The number of nitrogens with zero attached hydrogens (tertiary/aromatic N) is 2. The molecule has 0 bridgehead atoms. The predicted molar refractivity (Wildman–Crippen MR) is 460 cm³/mol. The fourth-order valence-electron chi connectivity index (χ4n) is 11.9. The topological polar surface area (TPSA) is 147 Å². The first-order valence-electron chi connectivity index (χ1n) is 33.6. The summed E-state index contributed by atoms with van der Waals surface area (Å²) in [7, 11) is 6.20. The molecule has 0 unspecified atom stereocenters. The van der Waals surface area contributed by atoms with Crippen molar-refractivity contribution in [3.05, 3.63) is 170 Å². The van der Waals surface area contributed by atoms with Gasteiger partial charge in [-0.05, 0) is 107 Å².